The summed E-state index contributed by atoms with van der Waals surface area (Å²) in [6, 6.07) is 13.4. The van der Waals surface area contributed by atoms with Gasteiger partial charge in [0.15, 0.2) is 0 Å². The summed E-state index contributed by atoms with van der Waals surface area (Å²) < 4.78 is 5.37. The van der Waals surface area contributed by atoms with E-state index < -0.39 is 11.6 Å². The monoisotopic (exact) mass is 449 g/mol. The zero-order chi connectivity index (χ0) is 23.8. The summed E-state index contributed by atoms with van der Waals surface area (Å²) in [5, 5.41) is 2.98. The first-order valence-corrected chi connectivity index (χ1v) is 11.0. The molecule has 1 N–H and O–H groups in total. The van der Waals surface area contributed by atoms with Gasteiger partial charge in [0.25, 0.3) is 17.7 Å². The number of likely N-dealkylation sites (tertiary alicyclic amines) is 1. The van der Waals surface area contributed by atoms with Crippen molar-refractivity contribution in [3.05, 3.63) is 65.2 Å². The minimum absolute atomic E-state index is 0.102. The van der Waals surface area contributed by atoms with Crippen molar-refractivity contribution in [3.8, 4) is 5.75 Å². The molecule has 4 amide bonds. The Morgan fingerprint density at radius 1 is 0.939 bits per heavy atom. The molecule has 4 rings (SSSR count). The SMILES string of the molecule is CC(C)(C)N1C(=O)c2ccc(C(=O)NC3CCN(C(=O)Oc4ccccc4)CC3)cc2C1=O. The molecule has 2 aromatic carbocycles. The maximum absolute atomic E-state index is 12.8. The van der Waals surface area contributed by atoms with E-state index in [1.807, 2.05) is 6.07 Å². The van der Waals surface area contributed by atoms with Gasteiger partial charge >= 0.3 is 6.09 Å². The molecule has 1 fully saturated rings. The van der Waals surface area contributed by atoms with Crippen molar-refractivity contribution in [3.63, 3.8) is 0 Å². The average molecular weight is 450 g/mol. The van der Waals surface area contributed by atoms with Gasteiger partial charge in [0.05, 0.1) is 11.1 Å². The van der Waals surface area contributed by atoms with E-state index in [9.17, 15) is 19.2 Å². The van der Waals surface area contributed by atoms with Crippen LogP contribution in [-0.2, 0) is 0 Å². The fraction of sp³-hybridized carbons (Fsp3) is 0.360. The van der Waals surface area contributed by atoms with Gasteiger partial charge in [-0.15, -0.1) is 0 Å². The summed E-state index contributed by atoms with van der Waals surface area (Å²) in [6.45, 7) is 6.32. The number of carbonyl (C=O) groups is 4. The smallest absolute Gasteiger partial charge is 0.410 e. The minimum Gasteiger partial charge on any atom is -0.410 e. The molecule has 2 heterocycles. The number of amides is 4. The van der Waals surface area contributed by atoms with Crippen LogP contribution in [0.2, 0.25) is 0 Å². The molecule has 1 saturated heterocycles. The van der Waals surface area contributed by atoms with Crippen molar-refractivity contribution in [2.45, 2.75) is 45.2 Å². The van der Waals surface area contributed by atoms with Crippen LogP contribution in [0.25, 0.3) is 0 Å². The predicted octanol–water partition coefficient (Wildman–Crippen LogP) is 3.47. The lowest BCUT2D eigenvalue weighted by Gasteiger charge is -2.31. The first kappa shape index (κ1) is 22.5. The third-order valence-corrected chi connectivity index (χ3v) is 5.86. The van der Waals surface area contributed by atoms with Crippen molar-refractivity contribution >= 4 is 23.8 Å². The van der Waals surface area contributed by atoms with Crippen molar-refractivity contribution in [1.29, 1.82) is 0 Å². The van der Waals surface area contributed by atoms with Crippen LogP contribution in [-0.4, -0.2) is 58.3 Å². The van der Waals surface area contributed by atoms with Crippen LogP contribution in [0.5, 0.6) is 5.75 Å². The Hall–Kier alpha value is -3.68. The molecule has 2 aliphatic heterocycles. The van der Waals surface area contributed by atoms with Crippen LogP contribution in [0.4, 0.5) is 4.79 Å². The highest BCUT2D eigenvalue weighted by atomic mass is 16.6. The molecular formula is C25H27N3O5. The molecule has 0 radical (unpaired) electrons. The third kappa shape index (κ3) is 4.60. The average Bonchev–Trinajstić information content (AvgIpc) is 3.04. The third-order valence-electron chi connectivity index (χ3n) is 5.86. The summed E-state index contributed by atoms with van der Waals surface area (Å²) >= 11 is 0. The van der Waals surface area contributed by atoms with Crippen molar-refractivity contribution in [2.75, 3.05) is 13.1 Å². The molecule has 0 aliphatic carbocycles. The van der Waals surface area contributed by atoms with Gasteiger partial charge in [0.2, 0.25) is 0 Å². The zero-order valence-electron chi connectivity index (χ0n) is 19.0. The standard InChI is InChI=1S/C25H27N3O5/c1-25(2,3)28-22(30)19-10-9-16(15-20(19)23(28)31)21(29)26-17-11-13-27(14-12-17)24(32)33-18-7-5-4-6-8-18/h4-10,15,17H,11-14H2,1-3H3,(H,26,29). The van der Waals surface area contributed by atoms with Gasteiger partial charge in [-0.05, 0) is 63.9 Å². The molecule has 2 aliphatic rings. The van der Waals surface area contributed by atoms with Crippen molar-refractivity contribution in [1.82, 2.24) is 15.1 Å². The second-order valence-electron chi connectivity index (χ2n) is 9.29. The molecule has 0 aromatic heterocycles. The Bertz CT molecular complexity index is 1100. The second-order valence-corrected chi connectivity index (χ2v) is 9.29. The topological polar surface area (TPSA) is 96.0 Å². The summed E-state index contributed by atoms with van der Waals surface area (Å²) in [5.74, 6) is -0.545. The molecule has 0 spiro atoms. The van der Waals surface area contributed by atoms with Crippen LogP contribution in [0.1, 0.15) is 64.7 Å². The zero-order valence-corrected chi connectivity index (χ0v) is 19.0. The molecule has 0 atom stereocenters. The molecule has 0 unspecified atom stereocenters. The molecule has 33 heavy (non-hydrogen) atoms. The first-order valence-electron chi connectivity index (χ1n) is 11.0. The summed E-state index contributed by atoms with van der Waals surface area (Å²) in [6.07, 6.45) is 0.780. The number of benzene rings is 2. The lowest BCUT2D eigenvalue weighted by atomic mass is 10.0. The van der Waals surface area contributed by atoms with Crippen molar-refractivity contribution in [2.24, 2.45) is 0 Å². The lowest BCUT2D eigenvalue weighted by Crippen LogP contribution is -2.47. The Labute approximate surface area is 192 Å². The van der Waals surface area contributed by atoms with Crippen LogP contribution in [0.3, 0.4) is 0 Å². The number of nitrogens with one attached hydrogen (secondary N) is 1. The van der Waals surface area contributed by atoms with E-state index in [4.69, 9.17) is 4.74 Å². The molecule has 2 aromatic rings. The molecule has 8 nitrogen and oxygen atoms in total. The summed E-state index contributed by atoms with van der Waals surface area (Å²) in [7, 11) is 0. The summed E-state index contributed by atoms with van der Waals surface area (Å²) in [4.78, 5) is 53.4. The normalized spacial score (nSPS) is 16.6. The number of hydrogen-bond acceptors (Lipinski definition) is 5. The predicted molar refractivity (Wildman–Crippen MR) is 121 cm³/mol. The molecule has 8 heteroatoms. The van der Waals surface area contributed by atoms with Crippen LogP contribution in [0, 0.1) is 0 Å². The number of piperidine rings is 1. The van der Waals surface area contributed by atoms with E-state index >= 15 is 0 Å². The van der Waals surface area contributed by atoms with E-state index in [1.165, 1.54) is 11.0 Å². The fourth-order valence-corrected chi connectivity index (χ4v) is 4.12. The summed E-state index contributed by atoms with van der Waals surface area (Å²) in [5.41, 5.74) is 0.250. The Balaban J connectivity index is 1.35. The number of rotatable bonds is 3. The Kier molecular flexibility index (Phi) is 5.93. The lowest BCUT2D eigenvalue weighted by molar-refractivity contribution is 0.0507. The molecular weight excluding hydrogens is 422 g/mol. The molecule has 172 valence electrons. The van der Waals surface area contributed by atoms with Gasteiger partial charge in [-0.1, -0.05) is 18.2 Å². The van der Waals surface area contributed by atoms with E-state index in [-0.39, 0.29) is 29.3 Å². The van der Waals surface area contributed by atoms with E-state index in [0.29, 0.717) is 42.8 Å². The number of para-hydroxylation sites is 1. The number of carbonyl (C=O) groups excluding carboxylic acids is 4. The van der Waals surface area contributed by atoms with Gasteiger partial charge in [0, 0.05) is 30.2 Å². The van der Waals surface area contributed by atoms with E-state index in [0.717, 1.165) is 0 Å². The van der Waals surface area contributed by atoms with Crippen LogP contribution >= 0.6 is 0 Å². The number of imide groups is 1. The Morgan fingerprint density at radius 3 is 2.21 bits per heavy atom. The van der Waals surface area contributed by atoms with Gasteiger partial charge in [0.1, 0.15) is 5.75 Å². The maximum atomic E-state index is 12.8. The van der Waals surface area contributed by atoms with Crippen molar-refractivity contribution < 1.29 is 23.9 Å². The fourth-order valence-electron chi connectivity index (χ4n) is 4.12. The van der Waals surface area contributed by atoms with Gasteiger partial charge in [-0.3, -0.25) is 19.3 Å². The highest BCUT2D eigenvalue weighted by Gasteiger charge is 2.42. The second kappa shape index (κ2) is 8.69. The number of hydrogen-bond donors (Lipinski definition) is 1. The highest BCUT2D eigenvalue weighted by molar-refractivity contribution is 6.22. The van der Waals surface area contributed by atoms with E-state index in [1.54, 1.807) is 62.1 Å². The van der Waals surface area contributed by atoms with Crippen LogP contribution < -0.4 is 10.1 Å². The van der Waals surface area contributed by atoms with E-state index in [2.05, 4.69) is 5.32 Å². The molecule has 0 bridgehead atoms. The quantitative estimate of drug-likeness (QED) is 0.724. The number of ether oxygens (including phenoxy) is 1. The maximum Gasteiger partial charge on any atom is 0.415 e. The minimum atomic E-state index is -0.648. The highest BCUT2D eigenvalue weighted by Crippen LogP contribution is 2.30. The largest absolute Gasteiger partial charge is 0.415 e. The van der Waals surface area contributed by atoms with Gasteiger partial charge in [-0.2, -0.15) is 0 Å². The van der Waals surface area contributed by atoms with Gasteiger partial charge < -0.3 is 15.0 Å². The molecule has 0 saturated carbocycles. The Morgan fingerprint density at radius 2 is 1.58 bits per heavy atom. The van der Waals surface area contributed by atoms with Crippen LogP contribution in [0.15, 0.2) is 48.5 Å². The van der Waals surface area contributed by atoms with Gasteiger partial charge in [-0.25, -0.2) is 4.79 Å². The first-order chi connectivity index (χ1) is 15.6. The number of nitrogens with zero attached hydrogens (tertiary/aromatic N) is 2. The number of fused-ring (bicyclic) bond motifs is 1.